The van der Waals surface area contributed by atoms with Crippen molar-refractivity contribution < 1.29 is 20.4 Å². The number of nitrogens with one attached hydrogen (secondary N) is 4. The second-order valence-corrected chi connectivity index (χ2v) is 15.7. The van der Waals surface area contributed by atoms with Crippen LogP contribution in [-0.4, -0.2) is 44.6 Å². The van der Waals surface area contributed by atoms with Gasteiger partial charge in [-0.2, -0.15) is 0 Å². The molecule has 0 radical (unpaired) electrons. The van der Waals surface area contributed by atoms with E-state index in [0.29, 0.717) is 48.8 Å². The lowest BCUT2D eigenvalue weighted by Crippen LogP contribution is -2.49. The van der Waals surface area contributed by atoms with Gasteiger partial charge < -0.3 is 41.7 Å². The van der Waals surface area contributed by atoms with Crippen LogP contribution >= 0.6 is 0 Å². The largest absolute Gasteiger partial charge is 0.508 e. The molecular weight excluding hydrogens is 697 g/mol. The first-order valence-electron chi connectivity index (χ1n) is 20.4. The first-order chi connectivity index (χ1) is 27.4. The van der Waals surface area contributed by atoms with Crippen LogP contribution in [0.5, 0.6) is 23.0 Å². The van der Waals surface area contributed by atoms with Crippen molar-refractivity contribution in [2.45, 2.75) is 102 Å². The predicted octanol–water partition coefficient (Wildman–Crippen LogP) is 8.86. The van der Waals surface area contributed by atoms with Crippen LogP contribution in [0.3, 0.4) is 0 Å². The van der Waals surface area contributed by atoms with Crippen molar-refractivity contribution >= 4 is 21.5 Å². The summed E-state index contributed by atoms with van der Waals surface area (Å²) in [6.45, 7) is 2.13. The van der Waals surface area contributed by atoms with Crippen LogP contribution in [0.25, 0.3) is 32.7 Å². The SMILES string of the molecule is Oc1ccccc1CN[C@H]1CCCC[C@@H]1NCc1cc2ccccc2c(-c2c(O)c(CN[C@H]3CCCC[C@@H]3NCc3ccccc3O)cc3ccccc23)c1O. The zero-order valence-corrected chi connectivity index (χ0v) is 32.0. The number of hydrogen-bond donors (Lipinski definition) is 8. The van der Waals surface area contributed by atoms with Gasteiger partial charge in [-0.3, -0.25) is 0 Å². The zero-order chi connectivity index (χ0) is 38.4. The Bertz CT molecular complexity index is 2130. The van der Waals surface area contributed by atoms with Crippen molar-refractivity contribution in [1.29, 1.82) is 0 Å². The van der Waals surface area contributed by atoms with Gasteiger partial charge in [0.2, 0.25) is 0 Å². The summed E-state index contributed by atoms with van der Waals surface area (Å²) in [5.41, 5.74) is 4.64. The number of hydrogen-bond acceptors (Lipinski definition) is 8. The third kappa shape index (κ3) is 8.20. The van der Waals surface area contributed by atoms with Crippen molar-refractivity contribution in [1.82, 2.24) is 21.3 Å². The maximum atomic E-state index is 12.3. The van der Waals surface area contributed by atoms with Crippen molar-refractivity contribution in [2.75, 3.05) is 0 Å². The van der Waals surface area contributed by atoms with E-state index in [4.69, 9.17) is 0 Å². The Labute approximate surface area is 329 Å². The molecule has 290 valence electrons. The molecule has 2 aliphatic rings. The van der Waals surface area contributed by atoms with Gasteiger partial charge in [-0.25, -0.2) is 0 Å². The minimum Gasteiger partial charge on any atom is -0.508 e. The molecule has 0 bridgehead atoms. The maximum Gasteiger partial charge on any atom is 0.128 e. The molecule has 6 aromatic carbocycles. The quantitative estimate of drug-likeness (QED) is 0.0588. The molecule has 0 aliphatic heterocycles. The third-order valence-electron chi connectivity index (χ3n) is 12.2. The lowest BCUT2D eigenvalue weighted by atomic mass is 9.87. The Balaban J connectivity index is 1.07. The van der Waals surface area contributed by atoms with Crippen LogP contribution in [0.15, 0.2) is 109 Å². The maximum absolute atomic E-state index is 12.3. The lowest BCUT2D eigenvalue weighted by molar-refractivity contribution is 0.279. The van der Waals surface area contributed by atoms with Gasteiger partial charge in [-0.05, 0) is 71.5 Å². The van der Waals surface area contributed by atoms with Crippen molar-refractivity contribution in [2.24, 2.45) is 0 Å². The van der Waals surface area contributed by atoms with E-state index in [9.17, 15) is 20.4 Å². The summed E-state index contributed by atoms with van der Waals surface area (Å²) in [6.07, 6.45) is 8.68. The number of aromatic hydroxyl groups is 4. The van der Waals surface area contributed by atoms with Crippen LogP contribution in [0.2, 0.25) is 0 Å². The first kappa shape index (κ1) is 37.8. The molecule has 0 amide bonds. The van der Waals surface area contributed by atoms with Gasteiger partial charge in [0.1, 0.15) is 23.0 Å². The minimum atomic E-state index is 0.178. The van der Waals surface area contributed by atoms with E-state index in [1.807, 2.05) is 72.8 Å². The fourth-order valence-corrected chi connectivity index (χ4v) is 9.09. The lowest BCUT2D eigenvalue weighted by Gasteiger charge is -2.33. The van der Waals surface area contributed by atoms with E-state index in [2.05, 4.69) is 45.5 Å². The summed E-state index contributed by atoms with van der Waals surface area (Å²) in [6, 6.07) is 36.2. The van der Waals surface area contributed by atoms with Gasteiger partial charge in [-0.15, -0.1) is 0 Å². The van der Waals surface area contributed by atoms with Crippen molar-refractivity contribution in [3.05, 3.63) is 131 Å². The molecule has 4 atom stereocenters. The molecule has 8 N–H and O–H groups in total. The fourth-order valence-electron chi connectivity index (χ4n) is 9.09. The Kier molecular flexibility index (Phi) is 11.7. The average molecular weight is 751 g/mol. The van der Waals surface area contributed by atoms with Crippen molar-refractivity contribution in [3.8, 4) is 34.1 Å². The fraction of sp³-hybridized carbons (Fsp3) is 0.333. The Morgan fingerprint density at radius 1 is 0.393 bits per heavy atom. The van der Waals surface area contributed by atoms with Crippen LogP contribution < -0.4 is 21.3 Å². The molecule has 0 saturated heterocycles. The normalized spacial score (nSPS) is 20.1. The monoisotopic (exact) mass is 750 g/mol. The van der Waals surface area contributed by atoms with Gasteiger partial charge in [-0.1, -0.05) is 111 Å². The highest BCUT2D eigenvalue weighted by Gasteiger charge is 2.28. The van der Waals surface area contributed by atoms with Gasteiger partial charge in [0, 0.05) is 83.7 Å². The molecule has 0 aromatic heterocycles. The Morgan fingerprint density at radius 2 is 0.714 bits per heavy atom. The molecule has 0 spiro atoms. The highest BCUT2D eigenvalue weighted by molar-refractivity contribution is 6.10. The number of benzene rings is 6. The summed E-state index contributed by atoms with van der Waals surface area (Å²) in [7, 11) is 0. The van der Waals surface area contributed by atoms with Crippen LogP contribution in [0, 0.1) is 0 Å². The van der Waals surface area contributed by atoms with Gasteiger partial charge >= 0.3 is 0 Å². The summed E-state index contributed by atoms with van der Waals surface area (Å²) in [5.74, 6) is 0.968. The number of phenols is 4. The van der Waals surface area contributed by atoms with E-state index in [1.165, 1.54) is 0 Å². The van der Waals surface area contributed by atoms with E-state index in [0.717, 1.165) is 95.2 Å². The molecule has 0 heterocycles. The van der Waals surface area contributed by atoms with E-state index in [1.54, 1.807) is 12.1 Å². The zero-order valence-electron chi connectivity index (χ0n) is 32.0. The Hall–Kier alpha value is -5.12. The highest BCUT2D eigenvalue weighted by atomic mass is 16.3. The standard InChI is InChI=1S/C48H54N4O4/c53-43-23-11-3-15-33(43)27-49-39-19-7-9-21-41(39)51-29-35-25-31-13-1-5-17-37(31)45(47(35)55)46-38-18-6-2-14-32(38)26-36(48(46)56)30-52-42-22-10-8-20-40(42)50-28-34-16-4-12-24-44(34)54/h1-6,11-18,23-26,39-42,49-56H,7-10,19-22,27-30H2/t39-,40-,41-,42-/m0/s1. The molecule has 8 nitrogen and oxygen atoms in total. The second kappa shape index (κ2) is 17.3. The molecule has 0 unspecified atom stereocenters. The van der Waals surface area contributed by atoms with E-state index < -0.39 is 0 Å². The number of para-hydroxylation sites is 2. The summed E-state index contributed by atoms with van der Waals surface area (Å²) >= 11 is 0. The predicted molar refractivity (Wildman–Crippen MR) is 226 cm³/mol. The number of rotatable bonds is 13. The van der Waals surface area contributed by atoms with Crippen molar-refractivity contribution in [3.63, 3.8) is 0 Å². The molecular formula is C48H54N4O4. The minimum absolute atomic E-state index is 0.178. The topological polar surface area (TPSA) is 129 Å². The average Bonchev–Trinajstić information content (AvgIpc) is 3.23. The van der Waals surface area contributed by atoms with Crippen LogP contribution in [0.1, 0.15) is 73.6 Å². The van der Waals surface area contributed by atoms with Gasteiger partial charge in [0.05, 0.1) is 0 Å². The summed E-state index contributed by atoms with van der Waals surface area (Å²) in [4.78, 5) is 0. The van der Waals surface area contributed by atoms with Gasteiger partial charge in [0.25, 0.3) is 0 Å². The van der Waals surface area contributed by atoms with E-state index in [-0.39, 0.29) is 35.7 Å². The molecule has 2 aliphatic carbocycles. The smallest absolute Gasteiger partial charge is 0.128 e. The summed E-state index contributed by atoms with van der Waals surface area (Å²) < 4.78 is 0. The Morgan fingerprint density at radius 3 is 1.09 bits per heavy atom. The van der Waals surface area contributed by atoms with Crippen LogP contribution in [-0.2, 0) is 26.2 Å². The number of phenolic OH excluding ortho intramolecular Hbond substituents is 4. The second-order valence-electron chi connectivity index (χ2n) is 15.7. The van der Waals surface area contributed by atoms with Crippen LogP contribution in [0.4, 0.5) is 0 Å². The molecule has 2 saturated carbocycles. The number of fused-ring (bicyclic) bond motifs is 2. The van der Waals surface area contributed by atoms with E-state index >= 15 is 0 Å². The third-order valence-corrected chi connectivity index (χ3v) is 12.2. The molecule has 2 fully saturated rings. The molecule has 8 heteroatoms. The van der Waals surface area contributed by atoms with Gasteiger partial charge in [0.15, 0.2) is 0 Å². The highest BCUT2D eigenvalue weighted by Crippen LogP contribution is 2.47. The molecule has 6 aromatic rings. The summed E-state index contributed by atoms with van der Waals surface area (Å²) in [5, 5.41) is 64.1. The molecule has 8 rings (SSSR count). The first-order valence-corrected chi connectivity index (χ1v) is 20.4. The molecule has 56 heavy (non-hydrogen) atoms.